The Morgan fingerprint density at radius 3 is 2.92 bits per heavy atom. The number of nitrogens with zero attached hydrogens (tertiary/aromatic N) is 2. The van der Waals surface area contributed by atoms with Crippen LogP contribution in [-0.2, 0) is 17.6 Å². The van der Waals surface area contributed by atoms with E-state index >= 15 is 0 Å². The fraction of sp³-hybridized carbons (Fsp3) is 0.421. The van der Waals surface area contributed by atoms with Gasteiger partial charge in [-0.25, -0.2) is 4.98 Å². The number of hydrogen-bond donors (Lipinski definition) is 1. The molecular formula is C19H23N3O3. The van der Waals surface area contributed by atoms with E-state index in [9.17, 15) is 9.59 Å². The van der Waals surface area contributed by atoms with Crippen molar-refractivity contribution in [3.05, 3.63) is 53.7 Å². The maximum Gasteiger partial charge on any atom is 0.273 e. The number of aromatic nitrogens is 1. The molecule has 1 aliphatic rings. The highest BCUT2D eigenvalue weighted by molar-refractivity contribution is 5.94. The normalized spacial score (nSPS) is 17.1. The van der Waals surface area contributed by atoms with Crippen LogP contribution in [0.3, 0.4) is 0 Å². The van der Waals surface area contributed by atoms with E-state index in [1.165, 1.54) is 12.0 Å². The highest BCUT2D eigenvalue weighted by Crippen LogP contribution is 2.14. The molecule has 0 spiro atoms. The molecule has 0 saturated carbocycles. The van der Waals surface area contributed by atoms with Gasteiger partial charge in [-0.3, -0.25) is 9.59 Å². The van der Waals surface area contributed by atoms with Crippen molar-refractivity contribution in [2.45, 2.75) is 38.6 Å². The van der Waals surface area contributed by atoms with Crippen LogP contribution in [0.5, 0.6) is 0 Å². The molecular weight excluding hydrogens is 318 g/mol. The van der Waals surface area contributed by atoms with E-state index in [2.05, 4.69) is 22.4 Å². The second kappa shape index (κ2) is 7.96. The molecule has 1 N–H and O–H groups in total. The topological polar surface area (TPSA) is 75.4 Å². The van der Waals surface area contributed by atoms with Gasteiger partial charge in [0.1, 0.15) is 5.76 Å². The van der Waals surface area contributed by atoms with Gasteiger partial charge < -0.3 is 14.6 Å². The number of hydrogen-bond acceptors (Lipinski definition) is 4. The third-order valence-electron chi connectivity index (χ3n) is 4.46. The number of carbonyl (C=O) groups is 2. The molecule has 6 nitrogen and oxygen atoms in total. The Bertz CT molecular complexity index is 727. The van der Waals surface area contributed by atoms with Gasteiger partial charge in [0.25, 0.3) is 5.91 Å². The van der Waals surface area contributed by atoms with E-state index in [1.54, 1.807) is 0 Å². The summed E-state index contributed by atoms with van der Waals surface area (Å²) in [6.07, 6.45) is 4.10. The molecule has 0 radical (unpaired) electrons. The molecule has 6 heteroatoms. The quantitative estimate of drug-likeness (QED) is 0.838. The average Bonchev–Trinajstić information content (AvgIpc) is 3.22. The molecule has 132 valence electrons. The van der Waals surface area contributed by atoms with Crippen LogP contribution in [0.15, 0.2) is 41.1 Å². The Hall–Kier alpha value is -2.63. The lowest BCUT2D eigenvalue weighted by Gasteiger charge is -2.17. The van der Waals surface area contributed by atoms with E-state index in [1.807, 2.05) is 30.0 Å². The average molecular weight is 341 g/mol. The number of carbonyl (C=O) groups excluding carboxylic acids is 2. The molecule has 0 aliphatic carbocycles. The Morgan fingerprint density at radius 2 is 2.16 bits per heavy atom. The van der Waals surface area contributed by atoms with Crippen LogP contribution < -0.4 is 5.32 Å². The van der Waals surface area contributed by atoms with E-state index < -0.39 is 0 Å². The molecule has 3 rings (SSSR count). The van der Waals surface area contributed by atoms with Gasteiger partial charge in [-0.15, -0.1) is 0 Å². The molecule has 1 aromatic carbocycles. The summed E-state index contributed by atoms with van der Waals surface area (Å²) in [6, 6.07) is 10.1. The van der Waals surface area contributed by atoms with E-state index in [4.69, 9.17) is 4.42 Å². The summed E-state index contributed by atoms with van der Waals surface area (Å²) in [4.78, 5) is 30.3. The first-order valence-corrected chi connectivity index (χ1v) is 8.72. The zero-order valence-electron chi connectivity index (χ0n) is 14.4. The Balaban J connectivity index is 1.48. The van der Waals surface area contributed by atoms with E-state index in [0.29, 0.717) is 37.4 Å². The maximum absolute atomic E-state index is 12.3. The first-order valence-electron chi connectivity index (χ1n) is 8.72. The molecule has 1 aromatic heterocycles. The summed E-state index contributed by atoms with van der Waals surface area (Å²) in [5.74, 6) is 0.394. The molecule has 1 atom stereocenters. The lowest BCUT2D eigenvalue weighted by atomic mass is 10.1. The Labute approximate surface area is 147 Å². The summed E-state index contributed by atoms with van der Waals surface area (Å²) in [7, 11) is 0. The van der Waals surface area contributed by atoms with Gasteiger partial charge in [-0.2, -0.15) is 0 Å². The van der Waals surface area contributed by atoms with Gasteiger partial charge in [-0.05, 0) is 18.4 Å². The van der Waals surface area contributed by atoms with Crippen molar-refractivity contribution in [2.75, 3.05) is 13.1 Å². The van der Waals surface area contributed by atoms with Crippen LogP contribution in [-0.4, -0.2) is 40.8 Å². The monoisotopic (exact) mass is 341 g/mol. The molecule has 1 fully saturated rings. The van der Waals surface area contributed by atoms with Crippen molar-refractivity contribution in [1.29, 1.82) is 0 Å². The largest absolute Gasteiger partial charge is 0.448 e. The van der Waals surface area contributed by atoms with Gasteiger partial charge >= 0.3 is 0 Å². The lowest BCUT2D eigenvalue weighted by Crippen LogP contribution is -2.37. The number of likely N-dealkylation sites (tertiary alicyclic amines) is 1. The Morgan fingerprint density at radius 1 is 1.36 bits per heavy atom. The highest BCUT2D eigenvalue weighted by atomic mass is 16.3. The van der Waals surface area contributed by atoms with Gasteiger partial charge in [-0.1, -0.05) is 37.3 Å². The van der Waals surface area contributed by atoms with Crippen molar-refractivity contribution < 1.29 is 14.0 Å². The number of nitrogens with one attached hydrogen (secondary N) is 1. The molecule has 0 bridgehead atoms. The van der Waals surface area contributed by atoms with Crippen LogP contribution in [0.2, 0.25) is 0 Å². The van der Waals surface area contributed by atoms with Crippen molar-refractivity contribution in [3.63, 3.8) is 0 Å². The molecule has 2 heterocycles. The summed E-state index contributed by atoms with van der Waals surface area (Å²) in [5, 5.41) is 2.90. The minimum atomic E-state index is -0.269. The summed E-state index contributed by atoms with van der Waals surface area (Å²) in [5.41, 5.74) is 1.59. The molecule has 2 aromatic rings. The van der Waals surface area contributed by atoms with Crippen LogP contribution in [0.4, 0.5) is 0 Å². The SMILES string of the molecule is CCc1ocnc1C(=O)N[C@H]1CC(=O)N(CCCc2ccccc2)C1. The summed E-state index contributed by atoms with van der Waals surface area (Å²) in [6.45, 7) is 3.17. The fourth-order valence-corrected chi connectivity index (χ4v) is 3.16. The lowest BCUT2D eigenvalue weighted by molar-refractivity contribution is -0.127. The van der Waals surface area contributed by atoms with Gasteiger partial charge in [0, 0.05) is 25.9 Å². The summed E-state index contributed by atoms with van der Waals surface area (Å²) < 4.78 is 5.19. The van der Waals surface area contributed by atoms with Crippen molar-refractivity contribution in [3.8, 4) is 0 Å². The number of aryl methyl sites for hydroxylation is 2. The van der Waals surface area contributed by atoms with Gasteiger partial charge in [0.05, 0.1) is 6.04 Å². The second-order valence-electron chi connectivity index (χ2n) is 6.28. The van der Waals surface area contributed by atoms with Crippen molar-refractivity contribution >= 4 is 11.8 Å². The minimum Gasteiger partial charge on any atom is -0.448 e. The summed E-state index contributed by atoms with van der Waals surface area (Å²) >= 11 is 0. The maximum atomic E-state index is 12.3. The predicted octanol–water partition coefficient (Wildman–Crippen LogP) is 2.20. The van der Waals surface area contributed by atoms with E-state index in [-0.39, 0.29) is 17.9 Å². The van der Waals surface area contributed by atoms with E-state index in [0.717, 1.165) is 12.8 Å². The molecule has 2 amide bonds. The van der Waals surface area contributed by atoms with Crippen molar-refractivity contribution in [2.24, 2.45) is 0 Å². The molecule has 1 saturated heterocycles. The van der Waals surface area contributed by atoms with Crippen LogP contribution in [0.25, 0.3) is 0 Å². The van der Waals surface area contributed by atoms with Crippen LogP contribution >= 0.6 is 0 Å². The second-order valence-corrected chi connectivity index (χ2v) is 6.28. The van der Waals surface area contributed by atoms with Gasteiger partial charge in [0.15, 0.2) is 12.1 Å². The zero-order chi connectivity index (χ0) is 17.6. The molecule has 0 unspecified atom stereocenters. The number of amides is 2. The number of benzene rings is 1. The third-order valence-corrected chi connectivity index (χ3v) is 4.46. The third kappa shape index (κ3) is 4.26. The standard InChI is InChI=1S/C19H23N3O3/c1-2-16-18(20-13-25-16)19(24)21-15-11-17(23)22(12-15)10-6-9-14-7-4-3-5-8-14/h3-5,7-8,13,15H,2,6,9-12H2,1H3,(H,21,24)/t15-/m0/s1. The first kappa shape index (κ1) is 17.2. The minimum absolute atomic E-state index is 0.0919. The Kier molecular flexibility index (Phi) is 5.48. The fourth-order valence-electron chi connectivity index (χ4n) is 3.16. The smallest absolute Gasteiger partial charge is 0.273 e. The number of rotatable bonds is 7. The first-order chi connectivity index (χ1) is 12.2. The predicted molar refractivity (Wildman–Crippen MR) is 93.1 cm³/mol. The number of oxazole rings is 1. The van der Waals surface area contributed by atoms with Gasteiger partial charge in [0.2, 0.25) is 5.91 Å². The zero-order valence-corrected chi connectivity index (χ0v) is 14.4. The van der Waals surface area contributed by atoms with Crippen molar-refractivity contribution in [1.82, 2.24) is 15.2 Å². The highest BCUT2D eigenvalue weighted by Gasteiger charge is 2.31. The van der Waals surface area contributed by atoms with Crippen LogP contribution in [0, 0.1) is 0 Å². The van der Waals surface area contributed by atoms with Crippen LogP contribution in [0.1, 0.15) is 41.6 Å². The molecule has 1 aliphatic heterocycles. The molecule has 25 heavy (non-hydrogen) atoms.